The smallest absolute Gasteiger partial charge is 0.310 e. The number of pyridine rings is 1. The lowest BCUT2D eigenvalue weighted by Crippen LogP contribution is -2.28. The normalized spacial score (nSPS) is 12.0. The van der Waals surface area contributed by atoms with Crippen LogP contribution in [0.15, 0.2) is 46.1 Å². The molecular weight excluding hydrogens is 402 g/mol. The fourth-order valence-corrected chi connectivity index (χ4v) is 5.19. The van der Waals surface area contributed by atoms with Gasteiger partial charge in [-0.1, -0.05) is 19.1 Å². The molecule has 2 aromatic carbocycles. The fraction of sp³-hybridized carbons (Fsp3) is 0.348. The van der Waals surface area contributed by atoms with Gasteiger partial charge in [0.15, 0.2) is 17.2 Å². The summed E-state index contributed by atoms with van der Waals surface area (Å²) in [5.41, 5.74) is 1.38. The number of fused-ring (bicyclic) bond motifs is 1. The Morgan fingerprint density at radius 2 is 1.63 bits per heavy atom. The van der Waals surface area contributed by atoms with Gasteiger partial charge in [0, 0.05) is 22.3 Å². The zero-order valence-corrected chi connectivity index (χ0v) is 18.8. The number of aromatic nitrogens is 1. The molecule has 1 atom stereocenters. The Balaban J connectivity index is 2.29. The lowest BCUT2D eigenvalue weighted by atomic mass is 10.1. The van der Waals surface area contributed by atoms with E-state index in [1.165, 1.54) is 0 Å². The second-order valence-corrected chi connectivity index (χ2v) is 9.07. The summed E-state index contributed by atoms with van der Waals surface area (Å²) in [5, 5.41) is 11.6. The van der Waals surface area contributed by atoms with Crippen molar-refractivity contribution in [1.29, 1.82) is 0 Å². The quantitative estimate of drug-likeness (QED) is 0.551. The van der Waals surface area contributed by atoms with Crippen LogP contribution < -0.4 is 19.8 Å². The predicted molar refractivity (Wildman–Crippen MR) is 122 cm³/mol. The van der Waals surface area contributed by atoms with E-state index in [-0.39, 0.29) is 22.2 Å². The van der Waals surface area contributed by atoms with Crippen molar-refractivity contribution in [2.75, 3.05) is 33.3 Å². The molecule has 1 unspecified atom stereocenters. The largest absolute Gasteiger partial charge is 0.503 e. The van der Waals surface area contributed by atoms with Crippen LogP contribution in [0.25, 0.3) is 10.9 Å². The molecule has 0 spiro atoms. The van der Waals surface area contributed by atoms with Crippen LogP contribution in [0, 0.1) is 0 Å². The topological polar surface area (TPSA) is 69.9 Å². The molecule has 0 saturated heterocycles. The molecule has 0 aliphatic heterocycles. The third-order valence-corrected chi connectivity index (χ3v) is 7.15. The molecule has 0 bridgehead atoms. The van der Waals surface area contributed by atoms with Crippen molar-refractivity contribution < 1.29 is 19.3 Å². The summed E-state index contributed by atoms with van der Waals surface area (Å²) in [6.07, 6.45) is 2.94. The summed E-state index contributed by atoms with van der Waals surface area (Å²) in [6, 6.07) is 11.1. The molecule has 0 saturated carbocycles. The minimum atomic E-state index is -0.377. The van der Waals surface area contributed by atoms with Crippen LogP contribution >= 0.6 is 0 Å². The number of aromatic hydroxyl groups is 1. The van der Waals surface area contributed by atoms with Gasteiger partial charge < -0.3 is 19.3 Å². The molecule has 160 valence electrons. The van der Waals surface area contributed by atoms with E-state index in [2.05, 4.69) is 6.92 Å². The van der Waals surface area contributed by atoms with Gasteiger partial charge in [-0.05, 0) is 30.2 Å². The van der Waals surface area contributed by atoms with E-state index in [1.54, 1.807) is 38.0 Å². The molecule has 1 N–H and O–H groups in total. The van der Waals surface area contributed by atoms with E-state index in [9.17, 15) is 9.90 Å². The maximum Gasteiger partial charge on any atom is 0.310 e. The summed E-state index contributed by atoms with van der Waals surface area (Å²) in [4.78, 5) is 14.0. The van der Waals surface area contributed by atoms with Gasteiger partial charge in [0.1, 0.15) is 17.8 Å². The van der Waals surface area contributed by atoms with Crippen molar-refractivity contribution in [2.45, 2.75) is 24.8 Å². The molecule has 7 heteroatoms. The molecule has 0 fully saturated rings. The van der Waals surface area contributed by atoms with E-state index >= 15 is 0 Å². The highest BCUT2D eigenvalue weighted by molar-refractivity contribution is 7.96. The first-order chi connectivity index (χ1) is 14.4. The molecule has 0 radical (unpaired) electrons. The lowest BCUT2D eigenvalue weighted by Gasteiger charge is -2.17. The first kappa shape index (κ1) is 21.9. The number of methoxy groups -OCH3 is 3. The number of hydrogen-bond acceptors (Lipinski definition) is 5. The Hall–Kier alpha value is -2.80. The predicted octanol–water partition coefficient (Wildman–Crippen LogP) is 3.80. The molecule has 0 aliphatic carbocycles. The van der Waals surface area contributed by atoms with Crippen LogP contribution in [0.1, 0.15) is 18.9 Å². The van der Waals surface area contributed by atoms with Crippen molar-refractivity contribution in [2.24, 2.45) is 0 Å². The second-order valence-electron chi connectivity index (χ2n) is 6.98. The summed E-state index contributed by atoms with van der Waals surface area (Å²) < 4.78 is 17.8. The fourth-order valence-electron chi connectivity index (χ4n) is 3.53. The third kappa shape index (κ3) is 4.07. The summed E-state index contributed by atoms with van der Waals surface area (Å²) in [6.45, 7) is 2.44. The van der Waals surface area contributed by atoms with Gasteiger partial charge in [-0.25, -0.2) is 0 Å². The lowest BCUT2D eigenvalue weighted by molar-refractivity contribution is 0.355. The van der Waals surface area contributed by atoms with Gasteiger partial charge in [-0.2, -0.15) is 0 Å². The van der Waals surface area contributed by atoms with Crippen LogP contribution in [0.3, 0.4) is 0 Å². The van der Waals surface area contributed by atoms with E-state index < -0.39 is 0 Å². The number of hydrogen-bond donors (Lipinski definition) is 1. The standard InChI is InChI=1S/C23H27NO5S/c1-6-11-30(5)22-21(25)17-12-19(28-3)20(29-4)13-18(17)24(23(22)26)14-15-7-9-16(27-2)10-8-15/h7-10,12-13H,6,11,14H2,1-5H3/p+1. The van der Waals surface area contributed by atoms with Crippen molar-refractivity contribution >= 4 is 21.8 Å². The number of nitrogens with zero attached hydrogens (tertiary/aromatic N) is 1. The Kier molecular flexibility index (Phi) is 6.82. The van der Waals surface area contributed by atoms with Gasteiger partial charge in [-0.3, -0.25) is 9.36 Å². The Morgan fingerprint density at radius 1 is 1.00 bits per heavy atom. The van der Waals surface area contributed by atoms with E-state index in [0.29, 0.717) is 33.8 Å². The molecular formula is C23H28NO5S+. The first-order valence-electron chi connectivity index (χ1n) is 9.72. The molecule has 3 rings (SSSR count). The van der Waals surface area contributed by atoms with Gasteiger partial charge in [0.2, 0.25) is 0 Å². The minimum absolute atomic E-state index is 0.0289. The van der Waals surface area contributed by atoms with Crippen molar-refractivity contribution in [1.82, 2.24) is 4.57 Å². The summed E-state index contributed by atoms with van der Waals surface area (Å²) in [5.74, 6) is 2.63. The zero-order chi connectivity index (χ0) is 21.8. The molecule has 1 heterocycles. The number of rotatable bonds is 8. The average Bonchev–Trinajstić information content (AvgIpc) is 2.76. The first-order valence-corrected chi connectivity index (χ1v) is 11.5. The Labute approximate surface area is 179 Å². The van der Waals surface area contributed by atoms with Crippen LogP contribution in [-0.4, -0.2) is 43.0 Å². The number of ether oxygens (including phenoxy) is 3. The zero-order valence-electron chi connectivity index (χ0n) is 18.0. The molecule has 3 aromatic rings. The van der Waals surface area contributed by atoms with Crippen molar-refractivity contribution in [3.8, 4) is 23.0 Å². The molecule has 0 amide bonds. The molecule has 0 aliphatic rings. The van der Waals surface area contributed by atoms with E-state index in [1.807, 2.05) is 30.5 Å². The van der Waals surface area contributed by atoms with Gasteiger partial charge >= 0.3 is 5.56 Å². The summed E-state index contributed by atoms with van der Waals surface area (Å²) in [7, 11) is 4.35. The van der Waals surface area contributed by atoms with Crippen LogP contribution in [-0.2, 0) is 17.4 Å². The maximum atomic E-state index is 13.5. The SMILES string of the molecule is CCC[S+](C)c1c(O)c2cc(OC)c(OC)cc2n(Cc2ccc(OC)cc2)c1=O. The van der Waals surface area contributed by atoms with Gasteiger partial charge in [0.05, 0.1) is 33.4 Å². The average molecular weight is 431 g/mol. The highest BCUT2D eigenvalue weighted by atomic mass is 32.2. The van der Waals surface area contributed by atoms with E-state index in [0.717, 1.165) is 23.5 Å². The van der Waals surface area contributed by atoms with E-state index in [4.69, 9.17) is 14.2 Å². The molecule has 30 heavy (non-hydrogen) atoms. The van der Waals surface area contributed by atoms with Crippen LogP contribution in [0.4, 0.5) is 0 Å². The third-order valence-electron chi connectivity index (χ3n) is 5.06. The highest BCUT2D eigenvalue weighted by Crippen LogP contribution is 2.38. The van der Waals surface area contributed by atoms with Gasteiger partial charge in [0.25, 0.3) is 4.90 Å². The van der Waals surface area contributed by atoms with Crippen LogP contribution in [0.5, 0.6) is 23.0 Å². The molecule has 1 aromatic heterocycles. The Bertz CT molecular complexity index is 1090. The maximum absolute atomic E-state index is 13.5. The monoisotopic (exact) mass is 430 g/mol. The van der Waals surface area contributed by atoms with Crippen molar-refractivity contribution in [3.05, 3.63) is 52.3 Å². The molecule has 6 nitrogen and oxygen atoms in total. The highest BCUT2D eigenvalue weighted by Gasteiger charge is 2.29. The number of benzene rings is 2. The Morgan fingerprint density at radius 3 is 2.20 bits per heavy atom. The van der Waals surface area contributed by atoms with Crippen molar-refractivity contribution in [3.63, 3.8) is 0 Å². The minimum Gasteiger partial charge on any atom is -0.503 e. The van der Waals surface area contributed by atoms with Crippen LogP contribution in [0.2, 0.25) is 0 Å². The summed E-state index contributed by atoms with van der Waals surface area (Å²) >= 11 is 0. The second kappa shape index (κ2) is 9.34. The van der Waals surface area contributed by atoms with Gasteiger partial charge in [-0.15, -0.1) is 0 Å².